The lowest BCUT2D eigenvalue weighted by atomic mass is 10.1. The van der Waals surface area contributed by atoms with Gasteiger partial charge in [0.25, 0.3) is 5.91 Å². The molecule has 6 nitrogen and oxygen atoms in total. The highest BCUT2D eigenvalue weighted by molar-refractivity contribution is 6.30. The zero-order valence-corrected chi connectivity index (χ0v) is 12.7. The summed E-state index contributed by atoms with van der Waals surface area (Å²) >= 11 is 5.92. The molecule has 116 valence electrons. The molecule has 0 bridgehead atoms. The van der Waals surface area contributed by atoms with Gasteiger partial charge >= 0.3 is 5.91 Å². The number of rotatable bonds is 5. The fraction of sp³-hybridized carbons (Fsp3) is 0.200. The van der Waals surface area contributed by atoms with Crippen LogP contribution in [0.25, 0.3) is 0 Å². The number of benzene rings is 1. The maximum atomic E-state index is 11.7. The molecule has 0 aliphatic heterocycles. The topological polar surface area (TPSA) is 83.4 Å². The summed E-state index contributed by atoms with van der Waals surface area (Å²) in [5.41, 5.74) is 5.54. The molecule has 0 spiro atoms. The third-order valence-electron chi connectivity index (χ3n) is 2.98. The molecule has 1 aromatic carbocycles. The number of hydrogen-bond donors (Lipinski definition) is 3. The molecule has 2 amide bonds. The Labute approximate surface area is 132 Å². The maximum Gasteiger partial charge on any atom is 0.305 e. The summed E-state index contributed by atoms with van der Waals surface area (Å²) in [5.74, 6) is -0.754. The molecule has 1 aromatic heterocycles. The molecule has 2 rings (SSSR count). The number of nitrogens with one attached hydrogen (secondary N) is 3. The molecule has 0 saturated heterocycles. The van der Waals surface area contributed by atoms with Gasteiger partial charge in [0.2, 0.25) is 0 Å². The molecule has 3 N–H and O–H groups in total. The van der Waals surface area contributed by atoms with Gasteiger partial charge in [-0.15, -0.1) is 0 Å². The van der Waals surface area contributed by atoms with Gasteiger partial charge in [-0.2, -0.15) is 0 Å². The van der Waals surface area contributed by atoms with Crippen molar-refractivity contribution in [2.45, 2.75) is 13.0 Å². The van der Waals surface area contributed by atoms with Crippen molar-refractivity contribution >= 4 is 23.4 Å². The number of carbonyl (C=O) groups is 2. The van der Waals surface area contributed by atoms with Gasteiger partial charge < -0.3 is 9.73 Å². The lowest BCUT2D eigenvalue weighted by Gasteiger charge is -2.14. The minimum absolute atomic E-state index is 0.0477. The van der Waals surface area contributed by atoms with Crippen molar-refractivity contribution in [3.05, 3.63) is 59.0 Å². The van der Waals surface area contributed by atoms with Crippen molar-refractivity contribution in [2.75, 3.05) is 6.54 Å². The van der Waals surface area contributed by atoms with E-state index in [1.165, 1.54) is 12.3 Å². The summed E-state index contributed by atoms with van der Waals surface area (Å²) in [5, 5.41) is 3.68. The van der Waals surface area contributed by atoms with E-state index in [1.807, 2.05) is 25.1 Å². The monoisotopic (exact) mass is 321 g/mol. The van der Waals surface area contributed by atoms with Gasteiger partial charge in [0, 0.05) is 11.1 Å². The summed E-state index contributed by atoms with van der Waals surface area (Å²) in [6.45, 7) is 1.96. The molecule has 0 fully saturated rings. The summed E-state index contributed by atoms with van der Waals surface area (Å²) in [6.07, 6.45) is 1.38. The van der Waals surface area contributed by atoms with Crippen LogP contribution in [0.3, 0.4) is 0 Å². The second kappa shape index (κ2) is 7.63. The lowest BCUT2D eigenvalue weighted by Crippen LogP contribution is -2.45. The first-order valence-electron chi connectivity index (χ1n) is 6.68. The van der Waals surface area contributed by atoms with E-state index in [0.717, 1.165) is 5.56 Å². The Balaban J connectivity index is 1.74. The molecule has 1 heterocycles. The Hall–Kier alpha value is -2.31. The average molecular weight is 322 g/mol. The van der Waals surface area contributed by atoms with Gasteiger partial charge in [-0.05, 0) is 36.8 Å². The van der Waals surface area contributed by atoms with E-state index in [2.05, 4.69) is 16.2 Å². The van der Waals surface area contributed by atoms with Crippen LogP contribution in [0.15, 0.2) is 47.1 Å². The first-order valence-corrected chi connectivity index (χ1v) is 7.05. The van der Waals surface area contributed by atoms with Crippen LogP contribution in [0.2, 0.25) is 5.02 Å². The molecule has 7 heteroatoms. The van der Waals surface area contributed by atoms with Gasteiger partial charge in [-0.3, -0.25) is 20.4 Å². The second-order valence-corrected chi connectivity index (χ2v) is 5.07. The van der Waals surface area contributed by atoms with Gasteiger partial charge in [0.05, 0.1) is 12.8 Å². The number of carbonyl (C=O) groups excluding carboxylic acids is 2. The number of furan rings is 1. The predicted molar refractivity (Wildman–Crippen MR) is 82.2 cm³/mol. The van der Waals surface area contributed by atoms with Crippen molar-refractivity contribution in [2.24, 2.45) is 0 Å². The molecular weight excluding hydrogens is 306 g/mol. The molecule has 22 heavy (non-hydrogen) atoms. The molecule has 2 aromatic rings. The predicted octanol–water partition coefficient (Wildman–Crippen LogP) is 2.04. The first kappa shape index (κ1) is 16.1. The van der Waals surface area contributed by atoms with Crippen LogP contribution in [-0.4, -0.2) is 18.4 Å². The van der Waals surface area contributed by atoms with Crippen LogP contribution >= 0.6 is 11.6 Å². The van der Waals surface area contributed by atoms with Crippen LogP contribution < -0.4 is 16.2 Å². The summed E-state index contributed by atoms with van der Waals surface area (Å²) in [6, 6.07) is 10.4. The smallest absolute Gasteiger partial charge is 0.305 e. The van der Waals surface area contributed by atoms with Gasteiger partial charge in [0.1, 0.15) is 0 Å². The number of hydrogen-bond acceptors (Lipinski definition) is 4. The fourth-order valence-corrected chi connectivity index (χ4v) is 1.98. The highest BCUT2D eigenvalue weighted by Gasteiger charge is 2.11. The van der Waals surface area contributed by atoms with Crippen LogP contribution in [0.5, 0.6) is 0 Å². The summed E-state index contributed by atoms with van der Waals surface area (Å²) in [4.78, 5) is 23.2. The maximum absolute atomic E-state index is 11.7. The van der Waals surface area contributed by atoms with E-state index in [0.29, 0.717) is 5.02 Å². The lowest BCUT2D eigenvalue weighted by molar-refractivity contribution is -0.121. The van der Waals surface area contributed by atoms with Crippen LogP contribution in [0.4, 0.5) is 0 Å². The zero-order valence-electron chi connectivity index (χ0n) is 11.9. The fourth-order valence-electron chi connectivity index (χ4n) is 1.78. The average Bonchev–Trinajstić information content (AvgIpc) is 3.04. The molecular formula is C15H16ClN3O3. The number of hydrazine groups is 1. The summed E-state index contributed by atoms with van der Waals surface area (Å²) < 4.78 is 4.90. The second-order valence-electron chi connectivity index (χ2n) is 4.64. The largest absolute Gasteiger partial charge is 0.459 e. The van der Waals surface area contributed by atoms with E-state index >= 15 is 0 Å². The highest BCUT2D eigenvalue weighted by atomic mass is 35.5. The third-order valence-corrected chi connectivity index (χ3v) is 3.21. The van der Waals surface area contributed by atoms with Crippen molar-refractivity contribution in [1.29, 1.82) is 0 Å². The highest BCUT2D eigenvalue weighted by Crippen LogP contribution is 2.16. The van der Waals surface area contributed by atoms with Crippen LogP contribution in [0, 0.1) is 0 Å². The Bertz CT molecular complexity index is 643. The minimum Gasteiger partial charge on any atom is -0.459 e. The van der Waals surface area contributed by atoms with Crippen molar-refractivity contribution in [3.63, 3.8) is 0 Å². The molecule has 0 saturated carbocycles. The van der Waals surface area contributed by atoms with E-state index in [-0.39, 0.29) is 24.3 Å². The molecule has 0 radical (unpaired) electrons. The Morgan fingerprint density at radius 2 is 2.05 bits per heavy atom. The van der Waals surface area contributed by atoms with E-state index in [4.69, 9.17) is 16.0 Å². The number of halogens is 1. The zero-order chi connectivity index (χ0) is 15.9. The SMILES string of the molecule is C[C@H](NCC(=O)NNC(=O)c1ccco1)c1cccc(Cl)c1. The molecule has 0 aliphatic rings. The molecule has 0 unspecified atom stereocenters. The molecule has 0 aliphatic carbocycles. The Morgan fingerprint density at radius 3 is 2.73 bits per heavy atom. The van der Waals surface area contributed by atoms with E-state index in [1.54, 1.807) is 12.1 Å². The van der Waals surface area contributed by atoms with Crippen molar-refractivity contribution in [1.82, 2.24) is 16.2 Å². The van der Waals surface area contributed by atoms with E-state index < -0.39 is 5.91 Å². The standard InChI is InChI=1S/C15H16ClN3O3/c1-10(11-4-2-5-12(16)8-11)17-9-14(20)18-19-15(21)13-6-3-7-22-13/h2-8,10,17H,9H2,1H3,(H,18,20)(H,19,21)/t10-/m0/s1. The van der Waals surface area contributed by atoms with E-state index in [9.17, 15) is 9.59 Å². The Kier molecular flexibility index (Phi) is 5.57. The quantitative estimate of drug-likeness (QED) is 0.736. The summed E-state index contributed by atoms with van der Waals surface area (Å²) in [7, 11) is 0. The van der Waals surface area contributed by atoms with Crippen molar-refractivity contribution < 1.29 is 14.0 Å². The van der Waals surface area contributed by atoms with Crippen LogP contribution in [0.1, 0.15) is 29.1 Å². The first-order chi connectivity index (χ1) is 10.6. The Morgan fingerprint density at radius 1 is 1.23 bits per heavy atom. The van der Waals surface area contributed by atoms with Gasteiger partial charge in [-0.25, -0.2) is 0 Å². The van der Waals surface area contributed by atoms with Gasteiger partial charge in [-0.1, -0.05) is 23.7 Å². The number of amides is 2. The van der Waals surface area contributed by atoms with Crippen LogP contribution in [-0.2, 0) is 4.79 Å². The minimum atomic E-state index is -0.513. The normalized spacial score (nSPS) is 11.7. The molecule has 1 atom stereocenters. The van der Waals surface area contributed by atoms with Crippen molar-refractivity contribution in [3.8, 4) is 0 Å². The van der Waals surface area contributed by atoms with Gasteiger partial charge in [0.15, 0.2) is 5.76 Å². The third kappa shape index (κ3) is 4.61.